The molecule has 1 saturated heterocycles. The minimum Gasteiger partial charge on any atom is -0.507 e. The highest BCUT2D eigenvalue weighted by atomic mass is 16.3. The molecule has 0 aliphatic carbocycles. The van der Waals surface area contributed by atoms with E-state index in [1.165, 1.54) is 0 Å². The highest BCUT2D eigenvalue weighted by Gasteiger charge is 2.24. The topological polar surface area (TPSA) is 61.6 Å². The highest BCUT2D eigenvalue weighted by molar-refractivity contribution is 5.96. The summed E-state index contributed by atoms with van der Waals surface area (Å²) in [5.74, 6) is 1.01. The van der Waals surface area contributed by atoms with Gasteiger partial charge in [0, 0.05) is 45.1 Å². The van der Waals surface area contributed by atoms with Crippen LogP contribution in [0.3, 0.4) is 0 Å². The van der Waals surface area contributed by atoms with Crippen LogP contribution < -0.4 is 0 Å². The molecule has 0 spiro atoms. The third kappa shape index (κ3) is 3.37. The van der Waals surface area contributed by atoms with Crippen LogP contribution in [-0.4, -0.2) is 56.5 Å². The lowest BCUT2D eigenvalue weighted by Crippen LogP contribution is -2.48. The van der Waals surface area contributed by atoms with Gasteiger partial charge in [0.1, 0.15) is 11.6 Å². The number of carbonyl (C=O) groups is 1. The monoisotopic (exact) mass is 314 g/mol. The van der Waals surface area contributed by atoms with Gasteiger partial charge in [0.2, 0.25) is 0 Å². The fourth-order valence-corrected chi connectivity index (χ4v) is 2.91. The van der Waals surface area contributed by atoms with Crippen molar-refractivity contribution in [3.05, 3.63) is 48.0 Å². The second-order valence-electron chi connectivity index (χ2n) is 5.71. The van der Waals surface area contributed by atoms with E-state index < -0.39 is 0 Å². The summed E-state index contributed by atoms with van der Waals surface area (Å²) in [5.41, 5.74) is 0.377. The number of aryl methyl sites for hydroxylation is 1. The molecule has 1 N–H and O–H groups in total. The van der Waals surface area contributed by atoms with E-state index in [0.29, 0.717) is 18.7 Å². The van der Waals surface area contributed by atoms with Crippen molar-refractivity contribution in [1.29, 1.82) is 0 Å². The zero-order valence-electron chi connectivity index (χ0n) is 13.4. The summed E-state index contributed by atoms with van der Waals surface area (Å²) in [6.07, 6.45) is 3.82. The number of hydrogen-bond acceptors (Lipinski definition) is 4. The maximum absolute atomic E-state index is 12.5. The Morgan fingerprint density at radius 3 is 2.65 bits per heavy atom. The molecule has 6 heteroatoms. The van der Waals surface area contributed by atoms with E-state index in [1.807, 2.05) is 12.4 Å². The SMILES string of the molecule is CCn1ccnc1CN1CCN(C(=O)c2ccccc2O)CC1. The van der Waals surface area contributed by atoms with E-state index in [9.17, 15) is 9.90 Å². The van der Waals surface area contributed by atoms with Crippen molar-refractivity contribution in [3.8, 4) is 5.75 Å². The van der Waals surface area contributed by atoms with E-state index in [1.54, 1.807) is 29.2 Å². The molecule has 2 aromatic rings. The summed E-state index contributed by atoms with van der Waals surface area (Å²) in [6.45, 7) is 6.79. The second kappa shape index (κ2) is 6.83. The number of benzene rings is 1. The van der Waals surface area contributed by atoms with Crippen LogP contribution >= 0.6 is 0 Å². The number of piperazine rings is 1. The fourth-order valence-electron chi connectivity index (χ4n) is 2.91. The van der Waals surface area contributed by atoms with Gasteiger partial charge in [-0.2, -0.15) is 0 Å². The van der Waals surface area contributed by atoms with E-state index in [-0.39, 0.29) is 11.7 Å². The molecule has 23 heavy (non-hydrogen) atoms. The number of phenols is 1. The number of nitrogens with zero attached hydrogens (tertiary/aromatic N) is 4. The summed E-state index contributed by atoms with van der Waals surface area (Å²) >= 11 is 0. The van der Waals surface area contributed by atoms with Crippen LogP contribution in [0.2, 0.25) is 0 Å². The average molecular weight is 314 g/mol. The predicted molar refractivity (Wildman–Crippen MR) is 87.2 cm³/mol. The Kier molecular flexibility index (Phi) is 4.62. The molecule has 1 amide bonds. The third-order valence-corrected chi connectivity index (χ3v) is 4.30. The maximum atomic E-state index is 12.5. The minimum absolute atomic E-state index is 0.0462. The maximum Gasteiger partial charge on any atom is 0.257 e. The van der Waals surface area contributed by atoms with Gasteiger partial charge in [-0.05, 0) is 19.1 Å². The van der Waals surface area contributed by atoms with Gasteiger partial charge in [0.05, 0.1) is 12.1 Å². The zero-order valence-corrected chi connectivity index (χ0v) is 13.4. The molecule has 2 heterocycles. The Hall–Kier alpha value is -2.34. The van der Waals surface area contributed by atoms with Gasteiger partial charge < -0.3 is 14.6 Å². The molecule has 0 bridgehead atoms. The van der Waals surface area contributed by atoms with Crippen LogP contribution in [0.4, 0.5) is 0 Å². The van der Waals surface area contributed by atoms with Crippen LogP contribution in [0.25, 0.3) is 0 Å². The number of hydrogen-bond donors (Lipinski definition) is 1. The number of phenolic OH excluding ortho intramolecular Hbond substituents is 1. The molecule has 6 nitrogen and oxygen atoms in total. The second-order valence-corrected chi connectivity index (χ2v) is 5.71. The number of imidazole rings is 1. The molecule has 3 rings (SSSR count). The molecule has 0 unspecified atom stereocenters. The van der Waals surface area contributed by atoms with Crippen molar-refractivity contribution < 1.29 is 9.90 Å². The first-order chi connectivity index (χ1) is 11.2. The lowest BCUT2D eigenvalue weighted by Gasteiger charge is -2.34. The molecule has 1 aliphatic heterocycles. The van der Waals surface area contributed by atoms with Crippen molar-refractivity contribution >= 4 is 5.91 Å². The molecule has 1 aromatic carbocycles. The van der Waals surface area contributed by atoms with Gasteiger partial charge in [-0.15, -0.1) is 0 Å². The van der Waals surface area contributed by atoms with Crippen molar-refractivity contribution in [2.24, 2.45) is 0 Å². The van der Waals surface area contributed by atoms with E-state index in [2.05, 4.69) is 21.4 Å². The Morgan fingerprint density at radius 1 is 1.22 bits per heavy atom. The lowest BCUT2D eigenvalue weighted by atomic mass is 10.1. The van der Waals surface area contributed by atoms with E-state index in [0.717, 1.165) is 32.0 Å². The molecule has 1 aliphatic rings. The zero-order chi connectivity index (χ0) is 16.2. The van der Waals surface area contributed by atoms with Gasteiger partial charge in [0.15, 0.2) is 0 Å². The van der Waals surface area contributed by atoms with Gasteiger partial charge in [-0.25, -0.2) is 4.98 Å². The summed E-state index contributed by atoms with van der Waals surface area (Å²) in [6, 6.07) is 6.71. The van der Waals surface area contributed by atoms with E-state index in [4.69, 9.17) is 0 Å². The van der Waals surface area contributed by atoms with Crippen molar-refractivity contribution in [2.75, 3.05) is 26.2 Å². The quantitative estimate of drug-likeness (QED) is 0.930. The summed E-state index contributed by atoms with van der Waals surface area (Å²) < 4.78 is 2.14. The highest BCUT2D eigenvalue weighted by Crippen LogP contribution is 2.19. The van der Waals surface area contributed by atoms with E-state index >= 15 is 0 Å². The molecule has 1 fully saturated rings. The van der Waals surface area contributed by atoms with Crippen LogP contribution in [0.1, 0.15) is 23.1 Å². The average Bonchev–Trinajstić information content (AvgIpc) is 3.02. The van der Waals surface area contributed by atoms with Crippen LogP contribution in [-0.2, 0) is 13.1 Å². The van der Waals surface area contributed by atoms with Crippen LogP contribution in [0, 0.1) is 0 Å². The molecule has 0 radical (unpaired) electrons. The third-order valence-electron chi connectivity index (χ3n) is 4.30. The molecule has 1 aromatic heterocycles. The van der Waals surface area contributed by atoms with Gasteiger partial charge >= 0.3 is 0 Å². The Bertz CT molecular complexity index is 675. The number of rotatable bonds is 4. The Morgan fingerprint density at radius 2 is 1.96 bits per heavy atom. The molecular formula is C17H22N4O2. The van der Waals surface area contributed by atoms with Gasteiger partial charge in [0.25, 0.3) is 5.91 Å². The summed E-state index contributed by atoms with van der Waals surface area (Å²) in [4.78, 5) is 21.0. The van der Waals surface area contributed by atoms with Gasteiger partial charge in [-0.3, -0.25) is 9.69 Å². The van der Waals surface area contributed by atoms with Crippen molar-refractivity contribution in [3.63, 3.8) is 0 Å². The number of amides is 1. The number of para-hydroxylation sites is 1. The summed E-state index contributed by atoms with van der Waals surface area (Å²) in [5, 5.41) is 9.82. The first kappa shape index (κ1) is 15.6. The predicted octanol–water partition coefficient (Wildman–Crippen LogP) is 1.57. The molecular weight excluding hydrogens is 292 g/mol. The molecule has 0 saturated carbocycles. The largest absolute Gasteiger partial charge is 0.507 e. The summed E-state index contributed by atoms with van der Waals surface area (Å²) in [7, 11) is 0. The number of aromatic nitrogens is 2. The fraction of sp³-hybridized carbons (Fsp3) is 0.412. The van der Waals surface area contributed by atoms with Crippen LogP contribution in [0.5, 0.6) is 5.75 Å². The standard InChI is InChI=1S/C17H22N4O2/c1-2-20-8-7-18-16(20)13-19-9-11-21(12-10-19)17(23)14-5-3-4-6-15(14)22/h3-8,22H,2,9-13H2,1H3. The number of carbonyl (C=O) groups excluding carboxylic acids is 1. The Labute approximate surface area is 136 Å². The first-order valence-corrected chi connectivity index (χ1v) is 7.98. The lowest BCUT2D eigenvalue weighted by molar-refractivity contribution is 0.0621. The normalized spacial score (nSPS) is 15.8. The smallest absolute Gasteiger partial charge is 0.257 e. The van der Waals surface area contributed by atoms with Crippen LogP contribution in [0.15, 0.2) is 36.7 Å². The van der Waals surface area contributed by atoms with Crippen molar-refractivity contribution in [1.82, 2.24) is 19.4 Å². The number of aromatic hydroxyl groups is 1. The van der Waals surface area contributed by atoms with Gasteiger partial charge in [-0.1, -0.05) is 12.1 Å². The Balaban J connectivity index is 1.58. The molecule has 0 atom stereocenters. The van der Waals surface area contributed by atoms with Crippen molar-refractivity contribution in [2.45, 2.75) is 20.0 Å². The minimum atomic E-state index is -0.0993. The molecule has 122 valence electrons. The first-order valence-electron chi connectivity index (χ1n) is 7.98.